The zero-order valence-electron chi connectivity index (χ0n) is 32.1. The Hall–Kier alpha value is -4.58. The first-order chi connectivity index (χ1) is 27.3. The molecule has 0 radical (unpaired) electrons. The van der Waals surface area contributed by atoms with Gasteiger partial charge in [-0.25, -0.2) is 9.78 Å². The van der Waals surface area contributed by atoms with Crippen LogP contribution in [0.4, 0.5) is 36.8 Å². The molecule has 0 fully saturated rings. The highest BCUT2D eigenvalue weighted by molar-refractivity contribution is 9.10. The molecule has 3 aromatic carbocycles. The molecule has 0 aliphatic heterocycles. The Balaban J connectivity index is 1.41. The Morgan fingerprint density at radius 3 is 1.95 bits per heavy atom. The van der Waals surface area contributed by atoms with Gasteiger partial charge in [-0.1, -0.05) is 125 Å². The van der Waals surface area contributed by atoms with Crippen LogP contribution in [0.5, 0.6) is 0 Å². The Labute approximate surface area is 341 Å². The number of nitrogens with zero attached hydrogens (tertiary/aromatic N) is 3. The number of pyridine rings is 1. The first kappa shape index (κ1) is 44.5. The lowest BCUT2D eigenvalue weighted by Crippen LogP contribution is -2.67. The molecule has 2 aromatic heterocycles. The third-order valence-electron chi connectivity index (χ3n) is 9.72. The molecule has 2 atom stereocenters. The van der Waals surface area contributed by atoms with Crippen molar-refractivity contribution in [2.24, 2.45) is 0 Å². The van der Waals surface area contributed by atoms with Crippen LogP contribution in [0.25, 0.3) is 11.6 Å². The predicted molar refractivity (Wildman–Crippen MR) is 212 cm³/mol. The molecule has 1 unspecified atom stereocenters. The van der Waals surface area contributed by atoms with E-state index in [1.165, 1.54) is 0 Å². The number of ether oxygens (including phenoxy) is 1. The molecule has 0 aliphatic rings. The number of rotatable bonds is 16. The van der Waals surface area contributed by atoms with Crippen LogP contribution in [-0.2, 0) is 27.5 Å². The van der Waals surface area contributed by atoms with E-state index in [2.05, 4.69) is 76.1 Å². The molecule has 2 N–H and O–H groups in total. The van der Waals surface area contributed by atoms with Gasteiger partial charge in [0.25, 0.3) is 20.1 Å². The van der Waals surface area contributed by atoms with E-state index in [1.54, 1.807) is 35.6 Å². The molecule has 0 aliphatic carbocycles. The zero-order chi connectivity index (χ0) is 42.4. The van der Waals surface area contributed by atoms with Crippen LogP contribution < -0.4 is 15.7 Å². The predicted octanol–water partition coefficient (Wildman–Crippen LogP) is 10.9. The number of carbonyl (C=O) groups is 1. The van der Waals surface area contributed by atoms with Gasteiger partial charge in [0.1, 0.15) is 4.60 Å². The summed E-state index contributed by atoms with van der Waals surface area (Å²) in [6, 6.07) is 28.8. The van der Waals surface area contributed by atoms with Gasteiger partial charge in [0.15, 0.2) is 5.69 Å². The maximum atomic E-state index is 15.4. The van der Waals surface area contributed by atoms with Gasteiger partial charge >= 0.3 is 18.4 Å². The minimum Gasteiger partial charge on any atom is -0.465 e. The van der Waals surface area contributed by atoms with Gasteiger partial charge in [-0.3, -0.25) is 5.32 Å². The van der Waals surface area contributed by atoms with Gasteiger partial charge in [0.2, 0.25) is 5.60 Å². The maximum absolute atomic E-state index is 15.4. The second-order valence-electron chi connectivity index (χ2n) is 14.9. The molecule has 9 nitrogen and oxygen atoms in total. The topological polar surface area (TPSA) is 120 Å². The molecule has 5 rings (SSSR count). The van der Waals surface area contributed by atoms with E-state index >= 15 is 13.2 Å². The summed E-state index contributed by atoms with van der Waals surface area (Å²) in [6.45, 7) is 7.96. The summed E-state index contributed by atoms with van der Waals surface area (Å²) in [4.78, 5) is 15.2. The molecule has 0 bridgehead atoms. The summed E-state index contributed by atoms with van der Waals surface area (Å²) in [5.74, 6) is -1.78. The lowest BCUT2D eigenvalue weighted by Gasteiger charge is -2.44. The van der Waals surface area contributed by atoms with Crippen LogP contribution in [0, 0.1) is 0 Å². The average Bonchev–Trinajstić information content (AvgIpc) is 3.65. The van der Waals surface area contributed by atoms with Gasteiger partial charge in [0.05, 0.1) is 17.9 Å². The van der Waals surface area contributed by atoms with Gasteiger partial charge in [0, 0.05) is 6.10 Å². The van der Waals surface area contributed by atoms with Crippen LogP contribution in [0.3, 0.4) is 0 Å². The highest BCUT2D eigenvalue weighted by atomic mass is 79.9. The highest BCUT2D eigenvalue weighted by Crippen LogP contribution is 2.47. The molecule has 17 heteroatoms. The number of aromatic nitrogens is 3. The fraction of sp³-hybridized carbons (Fsp3) is 0.366. The summed E-state index contributed by atoms with van der Waals surface area (Å²) in [5.41, 5.74) is -5.45. The van der Waals surface area contributed by atoms with E-state index in [9.17, 15) is 23.1 Å². The molecule has 310 valence electrons. The number of unbranched alkanes of at least 4 members (excludes halogenated alkanes) is 2. The Kier molecular flexibility index (Phi) is 13.9. The quantitative estimate of drug-likeness (QED) is 0.0435. The molecule has 2 heterocycles. The van der Waals surface area contributed by atoms with Crippen LogP contribution in [0.15, 0.2) is 106 Å². The average molecular weight is 894 g/mol. The molecule has 5 aromatic rings. The van der Waals surface area contributed by atoms with Crippen molar-refractivity contribution in [3.63, 3.8) is 0 Å². The number of anilines is 1. The maximum Gasteiger partial charge on any atom is 0.426 e. The van der Waals surface area contributed by atoms with Crippen molar-refractivity contribution in [3.05, 3.63) is 119 Å². The summed E-state index contributed by atoms with van der Waals surface area (Å²) in [5, 5.41) is 20.4. The standard InChI is InChI=1S/C41H43BrF6N4O5Si/c1-27(57-58(38(2,3)4,29-20-12-6-13-21-29)30-22-14-7-15-23-30)17-9-8-16-24-39(41(46,47)48,55-26-28-18-10-5-11-19-28)36-52-51-35(56-36)33-32(49-37(53)54)25-31(34(42)50-33)40(43,44)45/h5-7,10-15,18-23,25,27,49H,8-9,16-17,24,26H2,1-4H3,(H,53,54)/t27?,39-/m1/s1. The van der Waals surface area contributed by atoms with Crippen LogP contribution >= 0.6 is 15.9 Å². The van der Waals surface area contributed by atoms with E-state index in [0.29, 0.717) is 30.9 Å². The first-order valence-corrected chi connectivity index (χ1v) is 21.1. The smallest absolute Gasteiger partial charge is 0.426 e. The fourth-order valence-corrected chi connectivity index (χ4v) is 12.2. The minimum absolute atomic E-state index is 0.00611. The van der Waals surface area contributed by atoms with Crippen molar-refractivity contribution < 1.29 is 49.8 Å². The number of carboxylic acid groups (broad SMARTS) is 1. The third-order valence-corrected chi connectivity index (χ3v) is 15.5. The second-order valence-corrected chi connectivity index (χ2v) is 19.9. The number of benzene rings is 3. The molecule has 1 amide bonds. The van der Waals surface area contributed by atoms with Crippen molar-refractivity contribution in [1.82, 2.24) is 15.2 Å². The van der Waals surface area contributed by atoms with Crippen molar-refractivity contribution in [2.75, 3.05) is 5.32 Å². The monoisotopic (exact) mass is 892 g/mol. The SMILES string of the molecule is CC(CCCCC[C@@](OCc1ccccc1)(c1nnc(-c2nc(Br)c(C(F)(F)F)cc2NC(=O)O)o1)C(F)(F)F)O[Si](c1ccccc1)(c1ccccc1)C(C)(C)C. The third kappa shape index (κ3) is 9.98. The number of amides is 1. The lowest BCUT2D eigenvalue weighted by molar-refractivity contribution is -0.300. The molecule has 0 saturated heterocycles. The van der Waals surface area contributed by atoms with E-state index in [1.807, 2.05) is 43.3 Å². The summed E-state index contributed by atoms with van der Waals surface area (Å²) in [6.07, 6.45) is -11.4. The lowest BCUT2D eigenvalue weighted by atomic mass is 9.94. The number of alkyl halides is 6. The van der Waals surface area contributed by atoms with E-state index < -0.39 is 78.7 Å². The van der Waals surface area contributed by atoms with Crippen LogP contribution in [-0.4, -0.2) is 47.0 Å². The Morgan fingerprint density at radius 1 is 0.862 bits per heavy atom. The molecular formula is C41H43BrF6N4O5Si. The molecule has 58 heavy (non-hydrogen) atoms. The van der Waals surface area contributed by atoms with Gasteiger partial charge in [-0.2, -0.15) is 26.3 Å². The highest BCUT2D eigenvalue weighted by Gasteiger charge is 2.61. The van der Waals surface area contributed by atoms with Gasteiger partial charge < -0.3 is 18.7 Å². The van der Waals surface area contributed by atoms with Crippen molar-refractivity contribution in [1.29, 1.82) is 0 Å². The molecule has 0 spiro atoms. The second kappa shape index (κ2) is 18.1. The normalized spacial score (nSPS) is 14.2. The van der Waals surface area contributed by atoms with Crippen molar-refractivity contribution >= 4 is 46.4 Å². The van der Waals surface area contributed by atoms with Crippen LogP contribution in [0.1, 0.15) is 76.8 Å². The largest absolute Gasteiger partial charge is 0.465 e. The van der Waals surface area contributed by atoms with Gasteiger partial charge in [-0.15, -0.1) is 10.2 Å². The fourth-order valence-electron chi connectivity index (χ4n) is 6.95. The molecular weight excluding hydrogens is 850 g/mol. The van der Waals surface area contributed by atoms with E-state index in [4.69, 9.17) is 13.6 Å². The van der Waals surface area contributed by atoms with Crippen molar-refractivity contribution in [2.45, 2.75) is 95.5 Å². The van der Waals surface area contributed by atoms with E-state index in [-0.39, 0.29) is 17.6 Å². The minimum atomic E-state index is -5.12. The Morgan fingerprint density at radius 2 is 1.43 bits per heavy atom. The molecule has 0 saturated carbocycles. The zero-order valence-corrected chi connectivity index (χ0v) is 34.7. The summed E-state index contributed by atoms with van der Waals surface area (Å²) < 4.78 is 105. The Bertz CT molecular complexity index is 2080. The van der Waals surface area contributed by atoms with Crippen molar-refractivity contribution in [3.8, 4) is 11.6 Å². The summed E-state index contributed by atoms with van der Waals surface area (Å²) >= 11 is 2.71. The summed E-state index contributed by atoms with van der Waals surface area (Å²) in [7, 11) is -2.88. The first-order valence-electron chi connectivity index (χ1n) is 18.4. The number of nitrogens with one attached hydrogen (secondary N) is 1. The number of hydrogen-bond acceptors (Lipinski definition) is 7. The number of hydrogen-bond donors (Lipinski definition) is 2. The number of halogens is 7. The van der Waals surface area contributed by atoms with E-state index in [0.717, 1.165) is 10.4 Å². The van der Waals surface area contributed by atoms with Crippen LogP contribution in [0.2, 0.25) is 5.04 Å². The van der Waals surface area contributed by atoms with Gasteiger partial charge in [-0.05, 0) is 69.2 Å².